The predicted octanol–water partition coefficient (Wildman–Crippen LogP) is 3.75. The Balaban J connectivity index is 1.61. The molecule has 0 saturated heterocycles. The maximum Gasteiger partial charge on any atom is 0.261 e. The molecule has 8 heteroatoms. The van der Waals surface area contributed by atoms with Gasteiger partial charge >= 0.3 is 0 Å². The van der Waals surface area contributed by atoms with Crippen LogP contribution in [0.15, 0.2) is 57.8 Å². The van der Waals surface area contributed by atoms with E-state index >= 15 is 0 Å². The lowest BCUT2D eigenvalue weighted by Gasteiger charge is -2.09. The molecule has 28 heavy (non-hydrogen) atoms. The number of hydrogen-bond acceptors (Lipinski definition) is 6. The molecule has 0 aliphatic heterocycles. The van der Waals surface area contributed by atoms with Crippen molar-refractivity contribution in [3.8, 4) is 6.07 Å². The Kier molecular flexibility index (Phi) is 4.86. The van der Waals surface area contributed by atoms with Crippen molar-refractivity contribution >= 4 is 55.7 Å². The lowest BCUT2D eigenvalue weighted by Crippen LogP contribution is -2.21. The predicted molar refractivity (Wildman–Crippen MR) is 113 cm³/mol. The van der Waals surface area contributed by atoms with Gasteiger partial charge in [0.2, 0.25) is 5.91 Å². The van der Waals surface area contributed by atoms with E-state index < -0.39 is 0 Å². The average molecular weight is 406 g/mol. The minimum Gasteiger partial charge on any atom is -0.316 e. The van der Waals surface area contributed by atoms with Crippen molar-refractivity contribution < 1.29 is 4.79 Å². The molecule has 0 unspecified atom stereocenters. The number of rotatable bonds is 4. The SMILES string of the molecule is Cn1c(SCC(=O)Nc2sccc2C#N)nc2cc3ccccc3cc2c1=O. The van der Waals surface area contributed by atoms with Crippen molar-refractivity contribution in [2.75, 3.05) is 11.1 Å². The number of fused-ring (bicyclic) bond motifs is 2. The number of nitrogens with zero attached hydrogens (tertiary/aromatic N) is 3. The molecule has 0 fully saturated rings. The van der Waals surface area contributed by atoms with Crippen LogP contribution in [0.2, 0.25) is 0 Å². The number of nitrogens with one attached hydrogen (secondary N) is 1. The first-order valence-corrected chi connectivity index (χ1v) is 10.2. The minimum absolute atomic E-state index is 0.0855. The molecule has 0 aliphatic carbocycles. The lowest BCUT2D eigenvalue weighted by atomic mass is 10.1. The fourth-order valence-corrected chi connectivity index (χ4v) is 4.38. The number of thioether (sulfide) groups is 1. The molecular formula is C20H14N4O2S2. The van der Waals surface area contributed by atoms with Crippen LogP contribution in [0, 0.1) is 11.3 Å². The minimum atomic E-state index is -0.253. The van der Waals surface area contributed by atoms with Gasteiger partial charge in [-0.15, -0.1) is 11.3 Å². The molecule has 0 aliphatic rings. The Bertz CT molecular complexity index is 1320. The van der Waals surface area contributed by atoms with Crippen LogP contribution in [-0.4, -0.2) is 21.2 Å². The molecule has 0 spiro atoms. The topological polar surface area (TPSA) is 87.8 Å². The number of carbonyl (C=O) groups is 1. The van der Waals surface area contributed by atoms with Gasteiger partial charge in [-0.05, 0) is 34.4 Å². The Morgan fingerprint density at radius 3 is 2.79 bits per heavy atom. The zero-order valence-electron chi connectivity index (χ0n) is 14.8. The molecular weight excluding hydrogens is 392 g/mol. The van der Waals surface area contributed by atoms with Crippen molar-refractivity contribution in [1.29, 1.82) is 5.26 Å². The van der Waals surface area contributed by atoms with E-state index in [2.05, 4.69) is 10.3 Å². The van der Waals surface area contributed by atoms with E-state index in [1.165, 1.54) is 27.7 Å². The van der Waals surface area contributed by atoms with E-state index in [1.54, 1.807) is 18.5 Å². The first kappa shape index (κ1) is 18.2. The highest BCUT2D eigenvalue weighted by molar-refractivity contribution is 7.99. The van der Waals surface area contributed by atoms with Crippen molar-refractivity contribution in [3.05, 3.63) is 63.8 Å². The van der Waals surface area contributed by atoms with Crippen LogP contribution in [0.25, 0.3) is 21.7 Å². The molecule has 1 amide bonds. The summed E-state index contributed by atoms with van der Waals surface area (Å²) >= 11 is 2.48. The number of thiophene rings is 1. The van der Waals surface area contributed by atoms with Crippen LogP contribution in [0.1, 0.15) is 5.56 Å². The van der Waals surface area contributed by atoms with E-state index in [9.17, 15) is 9.59 Å². The van der Waals surface area contributed by atoms with Gasteiger partial charge in [-0.2, -0.15) is 5.26 Å². The summed E-state index contributed by atoms with van der Waals surface area (Å²) in [5, 5.41) is 17.0. The van der Waals surface area contributed by atoms with Crippen LogP contribution in [0.5, 0.6) is 0 Å². The van der Waals surface area contributed by atoms with Gasteiger partial charge < -0.3 is 5.32 Å². The van der Waals surface area contributed by atoms with Gasteiger partial charge in [0.15, 0.2) is 5.16 Å². The van der Waals surface area contributed by atoms with Gasteiger partial charge in [-0.25, -0.2) is 4.98 Å². The summed E-state index contributed by atoms with van der Waals surface area (Å²) in [6.07, 6.45) is 0. The molecule has 0 saturated carbocycles. The second-order valence-electron chi connectivity index (χ2n) is 6.09. The van der Waals surface area contributed by atoms with Gasteiger partial charge in [-0.3, -0.25) is 14.2 Å². The molecule has 2 aromatic heterocycles. The molecule has 0 radical (unpaired) electrons. The number of hydrogen-bond donors (Lipinski definition) is 1. The third-order valence-electron chi connectivity index (χ3n) is 4.27. The van der Waals surface area contributed by atoms with Crippen LogP contribution in [-0.2, 0) is 11.8 Å². The van der Waals surface area contributed by atoms with E-state index in [4.69, 9.17) is 5.26 Å². The standard InChI is InChI=1S/C20H14N4O2S2/c1-24-19(26)15-8-12-4-2-3-5-13(12)9-16(15)22-20(24)28-11-17(25)23-18-14(10-21)6-7-27-18/h2-9H,11H2,1H3,(H,23,25). The Morgan fingerprint density at radius 2 is 2.04 bits per heavy atom. The Labute approximate surface area is 168 Å². The third-order valence-corrected chi connectivity index (χ3v) is 6.13. The highest BCUT2D eigenvalue weighted by Crippen LogP contribution is 2.24. The summed E-state index contributed by atoms with van der Waals surface area (Å²) in [6.45, 7) is 0. The highest BCUT2D eigenvalue weighted by Gasteiger charge is 2.13. The van der Waals surface area contributed by atoms with Gasteiger partial charge in [0.05, 0.1) is 22.2 Å². The van der Waals surface area contributed by atoms with Gasteiger partial charge in [0.25, 0.3) is 5.56 Å². The average Bonchev–Trinajstić information content (AvgIpc) is 3.15. The smallest absolute Gasteiger partial charge is 0.261 e. The summed E-state index contributed by atoms with van der Waals surface area (Å²) < 4.78 is 1.46. The number of benzene rings is 2. The van der Waals surface area contributed by atoms with Gasteiger partial charge in [0, 0.05) is 7.05 Å². The zero-order chi connectivity index (χ0) is 19.7. The van der Waals surface area contributed by atoms with E-state index in [0.717, 1.165) is 10.8 Å². The second kappa shape index (κ2) is 7.46. The maximum absolute atomic E-state index is 12.8. The van der Waals surface area contributed by atoms with Crippen LogP contribution in [0.3, 0.4) is 0 Å². The number of aromatic nitrogens is 2. The largest absolute Gasteiger partial charge is 0.316 e. The van der Waals surface area contributed by atoms with Crippen LogP contribution < -0.4 is 10.9 Å². The first-order chi connectivity index (χ1) is 13.6. The van der Waals surface area contributed by atoms with E-state index in [0.29, 0.717) is 26.6 Å². The van der Waals surface area contributed by atoms with Gasteiger partial charge in [-0.1, -0.05) is 36.0 Å². The molecule has 0 bridgehead atoms. The number of carbonyl (C=O) groups excluding carboxylic acids is 1. The first-order valence-electron chi connectivity index (χ1n) is 8.36. The third kappa shape index (κ3) is 3.38. The fourth-order valence-electron chi connectivity index (χ4n) is 2.85. The summed E-state index contributed by atoms with van der Waals surface area (Å²) in [5.74, 6) is -0.168. The zero-order valence-corrected chi connectivity index (χ0v) is 16.4. The molecule has 0 atom stereocenters. The second-order valence-corrected chi connectivity index (χ2v) is 7.95. The Hall–Kier alpha value is -3.15. The molecule has 2 aromatic carbocycles. The maximum atomic E-state index is 12.8. The molecule has 2 heterocycles. The molecule has 1 N–H and O–H groups in total. The monoisotopic (exact) mass is 406 g/mol. The number of nitriles is 1. The molecule has 4 aromatic rings. The van der Waals surface area contributed by atoms with E-state index in [1.807, 2.05) is 42.5 Å². The number of anilines is 1. The molecule has 6 nitrogen and oxygen atoms in total. The normalized spacial score (nSPS) is 10.9. The van der Waals surface area contributed by atoms with Gasteiger partial charge in [0.1, 0.15) is 11.1 Å². The molecule has 4 rings (SSSR count). The summed E-state index contributed by atoms with van der Waals surface area (Å²) in [7, 11) is 1.65. The summed E-state index contributed by atoms with van der Waals surface area (Å²) in [4.78, 5) is 29.6. The van der Waals surface area contributed by atoms with Crippen molar-refractivity contribution in [1.82, 2.24) is 9.55 Å². The summed E-state index contributed by atoms with van der Waals surface area (Å²) in [5.41, 5.74) is 0.893. The Morgan fingerprint density at radius 1 is 1.29 bits per heavy atom. The van der Waals surface area contributed by atoms with Crippen molar-refractivity contribution in [3.63, 3.8) is 0 Å². The summed E-state index contributed by atoms with van der Waals surface area (Å²) in [6, 6.07) is 15.2. The number of amides is 1. The quantitative estimate of drug-likeness (QED) is 0.317. The fraction of sp³-hybridized carbons (Fsp3) is 0.100. The van der Waals surface area contributed by atoms with E-state index in [-0.39, 0.29) is 17.2 Å². The van der Waals surface area contributed by atoms with Crippen molar-refractivity contribution in [2.24, 2.45) is 7.05 Å². The lowest BCUT2D eigenvalue weighted by molar-refractivity contribution is -0.113. The van der Waals surface area contributed by atoms with Crippen LogP contribution >= 0.6 is 23.1 Å². The highest BCUT2D eigenvalue weighted by atomic mass is 32.2. The molecule has 138 valence electrons. The van der Waals surface area contributed by atoms with Crippen molar-refractivity contribution in [2.45, 2.75) is 5.16 Å². The van der Waals surface area contributed by atoms with Crippen LogP contribution in [0.4, 0.5) is 5.00 Å².